The number of hydrogen-bond acceptors (Lipinski definition) is 5. The number of carboxylic acid groups (broad SMARTS) is 1. The number of nitriles is 1. The molecule has 18 heavy (non-hydrogen) atoms. The van der Waals surface area contributed by atoms with Crippen LogP contribution in [0.25, 0.3) is 0 Å². The van der Waals surface area contributed by atoms with Gasteiger partial charge >= 0.3 is 5.97 Å². The van der Waals surface area contributed by atoms with Gasteiger partial charge in [0, 0.05) is 6.54 Å². The Balaban J connectivity index is 3.17. The highest BCUT2D eigenvalue weighted by molar-refractivity contribution is 5.95. The molecule has 0 saturated carbocycles. The molecule has 1 aromatic heterocycles. The van der Waals surface area contributed by atoms with Crippen molar-refractivity contribution in [2.45, 2.75) is 19.8 Å². The summed E-state index contributed by atoms with van der Waals surface area (Å²) in [6, 6.07) is 2.91. The molecular formula is C12H13N3O3. The molecule has 0 aliphatic carbocycles. The van der Waals surface area contributed by atoms with E-state index in [9.17, 15) is 9.59 Å². The van der Waals surface area contributed by atoms with Crippen LogP contribution < -0.4 is 5.32 Å². The lowest BCUT2D eigenvalue weighted by Gasteiger charge is -2.09. The second kappa shape index (κ2) is 6.35. The van der Waals surface area contributed by atoms with Gasteiger partial charge in [0.15, 0.2) is 6.29 Å². The summed E-state index contributed by atoms with van der Waals surface area (Å²) in [4.78, 5) is 25.7. The first kappa shape index (κ1) is 13.6. The first-order chi connectivity index (χ1) is 8.63. The van der Waals surface area contributed by atoms with Crippen LogP contribution in [0.2, 0.25) is 0 Å². The van der Waals surface area contributed by atoms with Crippen molar-refractivity contribution < 1.29 is 14.7 Å². The second-order valence-electron chi connectivity index (χ2n) is 3.63. The van der Waals surface area contributed by atoms with E-state index in [2.05, 4.69) is 10.3 Å². The van der Waals surface area contributed by atoms with E-state index in [1.165, 1.54) is 0 Å². The van der Waals surface area contributed by atoms with Crippen LogP contribution in [-0.4, -0.2) is 28.9 Å². The maximum absolute atomic E-state index is 11.0. The SMILES string of the molecule is CCCCNc1nc(C=O)c(C#N)cc1C(=O)O. The normalized spacial score (nSPS) is 9.56. The molecule has 0 aliphatic heterocycles. The van der Waals surface area contributed by atoms with Gasteiger partial charge < -0.3 is 10.4 Å². The third-order valence-electron chi connectivity index (χ3n) is 2.34. The van der Waals surface area contributed by atoms with Crippen molar-refractivity contribution in [3.05, 3.63) is 22.9 Å². The minimum absolute atomic E-state index is 0.0385. The Hall–Kier alpha value is -2.42. The van der Waals surface area contributed by atoms with E-state index in [1.807, 2.05) is 6.92 Å². The van der Waals surface area contributed by atoms with Gasteiger partial charge in [0.1, 0.15) is 23.1 Å². The fourth-order valence-corrected chi connectivity index (χ4v) is 1.39. The first-order valence-corrected chi connectivity index (χ1v) is 5.51. The molecule has 0 saturated heterocycles. The van der Waals surface area contributed by atoms with E-state index >= 15 is 0 Å². The molecule has 2 N–H and O–H groups in total. The van der Waals surface area contributed by atoms with Crippen LogP contribution in [0.5, 0.6) is 0 Å². The summed E-state index contributed by atoms with van der Waals surface area (Å²) in [5.74, 6) is -1.06. The number of pyridine rings is 1. The third kappa shape index (κ3) is 3.04. The zero-order valence-corrected chi connectivity index (χ0v) is 9.93. The number of nitrogens with zero attached hydrogens (tertiary/aromatic N) is 2. The molecule has 0 amide bonds. The van der Waals surface area contributed by atoms with Gasteiger partial charge in [0.2, 0.25) is 0 Å². The molecule has 0 spiro atoms. The van der Waals surface area contributed by atoms with Gasteiger partial charge in [-0.1, -0.05) is 13.3 Å². The van der Waals surface area contributed by atoms with Crippen LogP contribution in [0.4, 0.5) is 5.82 Å². The maximum atomic E-state index is 11.0. The van der Waals surface area contributed by atoms with Gasteiger partial charge in [-0.25, -0.2) is 9.78 Å². The first-order valence-electron chi connectivity index (χ1n) is 5.51. The number of aromatic nitrogens is 1. The van der Waals surface area contributed by atoms with E-state index in [0.717, 1.165) is 18.9 Å². The molecule has 94 valence electrons. The number of carbonyl (C=O) groups excluding carboxylic acids is 1. The monoisotopic (exact) mass is 247 g/mol. The zero-order chi connectivity index (χ0) is 13.5. The van der Waals surface area contributed by atoms with Crippen molar-refractivity contribution in [2.75, 3.05) is 11.9 Å². The second-order valence-corrected chi connectivity index (χ2v) is 3.63. The lowest BCUT2D eigenvalue weighted by atomic mass is 10.1. The molecule has 0 aliphatic rings. The van der Waals surface area contributed by atoms with Crippen molar-refractivity contribution >= 4 is 18.1 Å². The molecule has 6 nitrogen and oxygen atoms in total. The van der Waals surface area contributed by atoms with Gasteiger partial charge in [-0.15, -0.1) is 0 Å². The summed E-state index contributed by atoms with van der Waals surface area (Å²) in [6.45, 7) is 2.57. The highest BCUT2D eigenvalue weighted by Gasteiger charge is 2.16. The number of anilines is 1. The molecular weight excluding hydrogens is 234 g/mol. The number of carbonyl (C=O) groups is 2. The smallest absolute Gasteiger partial charge is 0.339 e. The third-order valence-corrected chi connectivity index (χ3v) is 2.34. The summed E-state index contributed by atoms with van der Waals surface area (Å²) in [7, 11) is 0. The minimum Gasteiger partial charge on any atom is -0.478 e. The minimum atomic E-state index is -1.18. The summed E-state index contributed by atoms with van der Waals surface area (Å²) in [5, 5.41) is 20.7. The van der Waals surface area contributed by atoms with Crippen LogP contribution in [0.1, 0.15) is 46.2 Å². The molecule has 0 fully saturated rings. The Bertz CT molecular complexity index is 506. The number of hydrogen-bond donors (Lipinski definition) is 2. The largest absolute Gasteiger partial charge is 0.478 e. The topological polar surface area (TPSA) is 103 Å². The van der Waals surface area contributed by atoms with E-state index in [4.69, 9.17) is 10.4 Å². The highest BCUT2D eigenvalue weighted by atomic mass is 16.4. The average molecular weight is 247 g/mol. The summed E-state index contributed by atoms with van der Waals surface area (Å²) in [6.07, 6.45) is 2.25. The Labute approximate surface area is 104 Å². The Morgan fingerprint density at radius 1 is 1.67 bits per heavy atom. The molecule has 0 bridgehead atoms. The maximum Gasteiger partial charge on any atom is 0.339 e. The van der Waals surface area contributed by atoms with E-state index in [0.29, 0.717) is 12.8 Å². The van der Waals surface area contributed by atoms with Gasteiger partial charge in [-0.3, -0.25) is 4.79 Å². The zero-order valence-electron chi connectivity index (χ0n) is 9.93. The fraction of sp³-hybridized carbons (Fsp3) is 0.333. The predicted octanol–water partition coefficient (Wildman–Crippen LogP) is 1.68. The number of aldehydes is 1. The summed E-state index contributed by atoms with van der Waals surface area (Å²) >= 11 is 0. The van der Waals surface area contributed by atoms with Gasteiger partial charge in [0.05, 0.1) is 5.56 Å². The predicted molar refractivity (Wildman–Crippen MR) is 64.7 cm³/mol. The fourth-order valence-electron chi connectivity index (χ4n) is 1.39. The Morgan fingerprint density at radius 3 is 2.89 bits per heavy atom. The van der Waals surface area contributed by atoms with Crippen molar-refractivity contribution in [1.29, 1.82) is 5.26 Å². The highest BCUT2D eigenvalue weighted by Crippen LogP contribution is 2.17. The lowest BCUT2D eigenvalue weighted by molar-refractivity contribution is 0.0697. The van der Waals surface area contributed by atoms with Crippen LogP contribution in [0, 0.1) is 11.3 Å². The van der Waals surface area contributed by atoms with Crippen molar-refractivity contribution in [1.82, 2.24) is 4.98 Å². The molecule has 1 rings (SSSR count). The van der Waals surface area contributed by atoms with Crippen LogP contribution >= 0.6 is 0 Å². The van der Waals surface area contributed by atoms with Crippen molar-refractivity contribution in [2.24, 2.45) is 0 Å². The Kier molecular flexibility index (Phi) is 4.81. The average Bonchev–Trinajstić information content (AvgIpc) is 2.38. The Morgan fingerprint density at radius 2 is 2.39 bits per heavy atom. The van der Waals surface area contributed by atoms with E-state index in [1.54, 1.807) is 6.07 Å². The molecule has 0 atom stereocenters. The van der Waals surface area contributed by atoms with E-state index < -0.39 is 5.97 Å². The number of nitrogens with one attached hydrogen (secondary N) is 1. The number of unbranched alkanes of at least 4 members (excludes halogenated alkanes) is 1. The number of carboxylic acids is 1. The summed E-state index contributed by atoms with van der Waals surface area (Å²) in [5.41, 5.74) is -0.196. The van der Waals surface area contributed by atoms with Gasteiger partial charge in [-0.2, -0.15) is 5.26 Å². The molecule has 6 heteroatoms. The van der Waals surface area contributed by atoms with E-state index in [-0.39, 0.29) is 22.6 Å². The van der Waals surface area contributed by atoms with Crippen molar-refractivity contribution in [3.8, 4) is 6.07 Å². The van der Waals surface area contributed by atoms with Crippen LogP contribution in [0.15, 0.2) is 6.07 Å². The number of aromatic carboxylic acids is 1. The van der Waals surface area contributed by atoms with Gasteiger partial charge in [0.25, 0.3) is 0 Å². The molecule has 0 unspecified atom stereocenters. The quantitative estimate of drug-likeness (QED) is 0.585. The standard InChI is InChI=1S/C12H13N3O3/c1-2-3-4-14-11-9(12(17)18)5-8(6-13)10(7-16)15-11/h5,7H,2-4H2,1H3,(H,14,15)(H,17,18). The van der Waals surface area contributed by atoms with Crippen LogP contribution in [0.3, 0.4) is 0 Å². The summed E-state index contributed by atoms with van der Waals surface area (Å²) < 4.78 is 0. The molecule has 1 heterocycles. The van der Waals surface area contributed by atoms with Gasteiger partial charge in [-0.05, 0) is 12.5 Å². The number of rotatable bonds is 6. The molecule has 1 aromatic rings. The van der Waals surface area contributed by atoms with Crippen molar-refractivity contribution in [3.63, 3.8) is 0 Å². The molecule has 0 aromatic carbocycles. The molecule has 0 radical (unpaired) electrons. The van der Waals surface area contributed by atoms with Crippen LogP contribution in [-0.2, 0) is 0 Å². The lowest BCUT2D eigenvalue weighted by Crippen LogP contribution is -2.12.